The van der Waals surface area contributed by atoms with Gasteiger partial charge in [0.05, 0.1) is 0 Å². The van der Waals surface area contributed by atoms with E-state index in [9.17, 15) is 4.79 Å². The standard InChI is InChI=1S/C17H14ClNO/c1-11-5-6-14-15(10-19-16(14)7-11)17(20)9-12-3-2-4-13(18)8-12/h2-8,10,19H,9H2,1H3. The molecule has 0 atom stereocenters. The van der Waals surface area contributed by atoms with Crippen molar-refractivity contribution in [1.29, 1.82) is 0 Å². The number of H-pyrrole nitrogens is 1. The van der Waals surface area contributed by atoms with Crippen LogP contribution in [0.1, 0.15) is 21.5 Å². The van der Waals surface area contributed by atoms with Crippen molar-refractivity contribution in [2.24, 2.45) is 0 Å². The number of Topliss-reactive ketones (excluding diaryl/α,β-unsaturated/α-hetero) is 1. The number of benzene rings is 2. The number of carbonyl (C=O) groups excluding carboxylic acids is 1. The number of ketones is 1. The maximum absolute atomic E-state index is 12.4. The van der Waals surface area contributed by atoms with E-state index in [4.69, 9.17) is 11.6 Å². The molecule has 0 unspecified atom stereocenters. The van der Waals surface area contributed by atoms with Gasteiger partial charge < -0.3 is 4.98 Å². The predicted octanol–water partition coefficient (Wildman–Crippen LogP) is 4.56. The number of aromatic amines is 1. The molecule has 0 radical (unpaired) electrons. The van der Waals surface area contributed by atoms with E-state index in [1.54, 1.807) is 6.20 Å². The van der Waals surface area contributed by atoms with Crippen molar-refractivity contribution in [2.45, 2.75) is 13.3 Å². The minimum absolute atomic E-state index is 0.0994. The third kappa shape index (κ3) is 2.47. The zero-order valence-corrected chi connectivity index (χ0v) is 11.9. The van der Waals surface area contributed by atoms with Gasteiger partial charge in [-0.15, -0.1) is 0 Å². The van der Waals surface area contributed by atoms with Crippen LogP contribution in [0, 0.1) is 6.92 Å². The largest absolute Gasteiger partial charge is 0.360 e. The summed E-state index contributed by atoms with van der Waals surface area (Å²) in [5.74, 6) is 0.0994. The van der Waals surface area contributed by atoms with E-state index in [0.717, 1.165) is 22.0 Å². The Bertz CT molecular complexity index is 789. The van der Waals surface area contributed by atoms with Crippen molar-refractivity contribution in [3.8, 4) is 0 Å². The summed E-state index contributed by atoms with van der Waals surface area (Å²) in [6.07, 6.45) is 2.15. The number of aromatic nitrogens is 1. The van der Waals surface area contributed by atoms with Gasteiger partial charge >= 0.3 is 0 Å². The smallest absolute Gasteiger partial charge is 0.169 e. The first kappa shape index (κ1) is 12.9. The fourth-order valence-electron chi connectivity index (χ4n) is 2.40. The van der Waals surface area contributed by atoms with Gasteiger partial charge in [-0.05, 0) is 36.2 Å². The van der Waals surface area contributed by atoms with Gasteiger partial charge in [0.15, 0.2) is 5.78 Å². The molecule has 0 spiro atoms. The molecule has 0 fully saturated rings. The van der Waals surface area contributed by atoms with Crippen molar-refractivity contribution in [1.82, 2.24) is 4.98 Å². The molecule has 100 valence electrons. The highest BCUT2D eigenvalue weighted by Gasteiger charge is 2.12. The van der Waals surface area contributed by atoms with Crippen LogP contribution in [0.5, 0.6) is 0 Å². The Labute approximate surface area is 122 Å². The Morgan fingerprint density at radius 1 is 1.20 bits per heavy atom. The van der Waals surface area contributed by atoms with Crippen molar-refractivity contribution in [3.05, 3.63) is 70.4 Å². The number of aryl methyl sites for hydroxylation is 1. The number of hydrogen-bond acceptors (Lipinski definition) is 1. The highest BCUT2D eigenvalue weighted by molar-refractivity contribution is 6.30. The molecule has 0 aliphatic heterocycles. The van der Waals surface area contributed by atoms with Crippen molar-refractivity contribution in [2.75, 3.05) is 0 Å². The van der Waals surface area contributed by atoms with E-state index in [1.807, 2.05) is 49.4 Å². The molecule has 0 amide bonds. The van der Waals surface area contributed by atoms with Gasteiger partial charge in [-0.2, -0.15) is 0 Å². The summed E-state index contributed by atoms with van der Waals surface area (Å²) in [7, 11) is 0. The molecule has 0 bridgehead atoms. The number of rotatable bonds is 3. The Kier molecular flexibility index (Phi) is 3.33. The van der Waals surface area contributed by atoms with Crippen LogP contribution in [-0.4, -0.2) is 10.8 Å². The first-order valence-corrected chi connectivity index (χ1v) is 6.86. The van der Waals surface area contributed by atoms with E-state index < -0.39 is 0 Å². The second-order valence-electron chi connectivity index (χ2n) is 4.98. The molecule has 0 aliphatic rings. The van der Waals surface area contributed by atoms with Gasteiger partial charge in [0.25, 0.3) is 0 Å². The molecule has 20 heavy (non-hydrogen) atoms. The Morgan fingerprint density at radius 2 is 2.05 bits per heavy atom. The molecule has 3 rings (SSSR count). The van der Waals surface area contributed by atoms with Crippen molar-refractivity contribution in [3.63, 3.8) is 0 Å². The van der Waals surface area contributed by atoms with Gasteiger partial charge in [-0.3, -0.25) is 4.79 Å². The second kappa shape index (κ2) is 5.14. The van der Waals surface area contributed by atoms with Crippen molar-refractivity contribution >= 4 is 28.3 Å². The van der Waals surface area contributed by atoms with Crippen LogP contribution in [0.2, 0.25) is 5.02 Å². The van der Waals surface area contributed by atoms with Gasteiger partial charge in [-0.1, -0.05) is 35.9 Å². The minimum Gasteiger partial charge on any atom is -0.360 e. The quantitative estimate of drug-likeness (QED) is 0.703. The zero-order valence-electron chi connectivity index (χ0n) is 11.1. The third-order valence-electron chi connectivity index (χ3n) is 3.39. The molecule has 0 saturated carbocycles. The SMILES string of the molecule is Cc1ccc2c(C(=O)Cc3cccc(Cl)c3)c[nH]c2c1. The number of nitrogens with one attached hydrogen (secondary N) is 1. The Hall–Kier alpha value is -2.06. The van der Waals surface area contributed by atoms with Crippen molar-refractivity contribution < 1.29 is 4.79 Å². The number of fused-ring (bicyclic) bond motifs is 1. The lowest BCUT2D eigenvalue weighted by Crippen LogP contribution is -2.02. The van der Waals surface area contributed by atoms with Crippen LogP contribution in [0.15, 0.2) is 48.7 Å². The molecule has 3 aromatic rings. The molecule has 3 heteroatoms. The fourth-order valence-corrected chi connectivity index (χ4v) is 2.61. The summed E-state index contributed by atoms with van der Waals surface area (Å²) in [5, 5.41) is 1.63. The lowest BCUT2D eigenvalue weighted by Gasteiger charge is -2.01. The highest BCUT2D eigenvalue weighted by Crippen LogP contribution is 2.21. The minimum atomic E-state index is 0.0994. The van der Waals surface area contributed by atoms with Gasteiger partial charge in [0.2, 0.25) is 0 Å². The second-order valence-corrected chi connectivity index (χ2v) is 5.42. The fraction of sp³-hybridized carbons (Fsp3) is 0.118. The molecule has 1 N–H and O–H groups in total. The zero-order chi connectivity index (χ0) is 14.1. The molecule has 1 aromatic heterocycles. The summed E-state index contributed by atoms with van der Waals surface area (Å²) < 4.78 is 0. The lowest BCUT2D eigenvalue weighted by molar-refractivity contribution is 0.0994. The Morgan fingerprint density at radius 3 is 2.85 bits per heavy atom. The van der Waals surface area contributed by atoms with Crippen LogP contribution in [0.3, 0.4) is 0 Å². The van der Waals surface area contributed by atoms with E-state index in [1.165, 1.54) is 5.56 Å². The lowest BCUT2D eigenvalue weighted by atomic mass is 10.0. The van der Waals surface area contributed by atoms with Crippen LogP contribution in [-0.2, 0) is 6.42 Å². The average Bonchev–Trinajstić information content (AvgIpc) is 2.81. The molecule has 0 aliphatic carbocycles. The summed E-state index contributed by atoms with van der Waals surface area (Å²) in [6, 6.07) is 13.5. The van der Waals surface area contributed by atoms with E-state index in [0.29, 0.717) is 11.4 Å². The molecule has 2 aromatic carbocycles. The average molecular weight is 284 g/mol. The maximum Gasteiger partial charge on any atom is 0.169 e. The molecular formula is C17H14ClNO. The summed E-state index contributed by atoms with van der Waals surface area (Å²) in [5.41, 5.74) is 3.84. The van der Waals surface area contributed by atoms with Gasteiger partial charge in [0.1, 0.15) is 0 Å². The molecule has 0 saturated heterocycles. The van der Waals surface area contributed by atoms with Crippen LogP contribution >= 0.6 is 11.6 Å². The third-order valence-corrected chi connectivity index (χ3v) is 3.63. The molecule has 2 nitrogen and oxygen atoms in total. The summed E-state index contributed by atoms with van der Waals surface area (Å²) in [4.78, 5) is 15.6. The summed E-state index contributed by atoms with van der Waals surface area (Å²) >= 11 is 5.95. The predicted molar refractivity (Wildman–Crippen MR) is 82.5 cm³/mol. The highest BCUT2D eigenvalue weighted by atomic mass is 35.5. The van der Waals surface area contributed by atoms with Gasteiger partial charge in [-0.25, -0.2) is 0 Å². The van der Waals surface area contributed by atoms with Crippen LogP contribution < -0.4 is 0 Å². The van der Waals surface area contributed by atoms with E-state index >= 15 is 0 Å². The van der Waals surface area contributed by atoms with Crippen LogP contribution in [0.25, 0.3) is 10.9 Å². The molecule has 1 heterocycles. The first-order valence-electron chi connectivity index (χ1n) is 6.49. The first-order chi connectivity index (χ1) is 9.63. The van der Waals surface area contributed by atoms with E-state index in [-0.39, 0.29) is 5.78 Å². The molecular weight excluding hydrogens is 270 g/mol. The topological polar surface area (TPSA) is 32.9 Å². The number of halogens is 1. The summed E-state index contributed by atoms with van der Waals surface area (Å²) in [6.45, 7) is 2.04. The van der Waals surface area contributed by atoms with Gasteiger partial charge in [0, 0.05) is 34.1 Å². The van der Waals surface area contributed by atoms with E-state index in [2.05, 4.69) is 4.98 Å². The number of carbonyl (C=O) groups is 1. The Balaban J connectivity index is 1.93. The monoisotopic (exact) mass is 283 g/mol. The number of hydrogen-bond donors (Lipinski definition) is 1. The normalized spacial score (nSPS) is 10.9. The maximum atomic E-state index is 12.4. The van der Waals surface area contributed by atoms with Crippen LogP contribution in [0.4, 0.5) is 0 Å².